The van der Waals surface area contributed by atoms with Gasteiger partial charge in [-0.2, -0.15) is 0 Å². The maximum absolute atomic E-state index is 5.90. The molecule has 0 heterocycles. The summed E-state index contributed by atoms with van der Waals surface area (Å²) in [5, 5.41) is 0. The van der Waals surface area contributed by atoms with Gasteiger partial charge in [0.15, 0.2) is 0 Å². The Balaban J connectivity index is 1.69. The zero-order valence-corrected chi connectivity index (χ0v) is 13.0. The van der Waals surface area contributed by atoms with Crippen molar-refractivity contribution >= 4 is 0 Å². The van der Waals surface area contributed by atoms with Crippen LogP contribution in [0.3, 0.4) is 0 Å². The van der Waals surface area contributed by atoms with Gasteiger partial charge in [-0.15, -0.1) is 0 Å². The van der Waals surface area contributed by atoms with E-state index in [1.807, 2.05) is 6.07 Å². The average Bonchev–Trinajstić information content (AvgIpc) is 2.53. The number of benzene rings is 3. The lowest BCUT2D eigenvalue weighted by Gasteiger charge is -2.09. The van der Waals surface area contributed by atoms with Crippen LogP contribution >= 0.6 is 0 Å². The molecule has 0 atom stereocenters. The van der Waals surface area contributed by atoms with Crippen molar-refractivity contribution in [3.05, 3.63) is 89.5 Å². The van der Waals surface area contributed by atoms with E-state index in [0.717, 1.165) is 5.75 Å². The van der Waals surface area contributed by atoms with E-state index < -0.39 is 0 Å². The van der Waals surface area contributed by atoms with Crippen molar-refractivity contribution in [2.24, 2.45) is 0 Å². The van der Waals surface area contributed by atoms with E-state index in [2.05, 4.69) is 80.6 Å². The molecule has 22 heavy (non-hydrogen) atoms. The van der Waals surface area contributed by atoms with Crippen LogP contribution in [0.25, 0.3) is 11.1 Å². The minimum Gasteiger partial charge on any atom is -0.489 e. The van der Waals surface area contributed by atoms with Gasteiger partial charge in [0.1, 0.15) is 12.4 Å². The van der Waals surface area contributed by atoms with Crippen LogP contribution in [0.15, 0.2) is 72.8 Å². The van der Waals surface area contributed by atoms with E-state index in [4.69, 9.17) is 4.74 Å². The Morgan fingerprint density at radius 2 is 1.27 bits per heavy atom. The second-order valence-electron chi connectivity index (χ2n) is 5.68. The van der Waals surface area contributed by atoms with Crippen molar-refractivity contribution in [3.8, 4) is 16.9 Å². The lowest BCUT2D eigenvalue weighted by Crippen LogP contribution is -1.96. The lowest BCUT2D eigenvalue weighted by molar-refractivity contribution is 0.306. The molecule has 3 aromatic carbocycles. The number of hydrogen-bond donors (Lipinski definition) is 0. The normalized spacial score (nSPS) is 10.5. The Kier molecular flexibility index (Phi) is 4.24. The van der Waals surface area contributed by atoms with E-state index in [-0.39, 0.29) is 0 Å². The summed E-state index contributed by atoms with van der Waals surface area (Å²) >= 11 is 0. The minimum atomic E-state index is 0.595. The van der Waals surface area contributed by atoms with Crippen molar-refractivity contribution in [2.45, 2.75) is 20.5 Å². The largest absolute Gasteiger partial charge is 0.489 e. The number of ether oxygens (including phenoxy) is 1. The molecule has 0 fully saturated rings. The van der Waals surface area contributed by atoms with E-state index in [9.17, 15) is 0 Å². The summed E-state index contributed by atoms with van der Waals surface area (Å²) in [4.78, 5) is 0. The smallest absolute Gasteiger partial charge is 0.120 e. The quantitative estimate of drug-likeness (QED) is 0.611. The standard InChI is InChI=1S/C21H20O/c1-16-12-17(2)14-21(13-16)22-15-18-8-10-20(11-9-18)19-6-4-3-5-7-19/h3-14H,15H2,1-2H3. The molecule has 0 unspecified atom stereocenters. The van der Waals surface area contributed by atoms with Crippen molar-refractivity contribution in [1.82, 2.24) is 0 Å². The molecule has 110 valence electrons. The predicted octanol–water partition coefficient (Wildman–Crippen LogP) is 5.55. The SMILES string of the molecule is Cc1cc(C)cc(OCc2ccc(-c3ccccc3)cc2)c1. The van der Waals surface area contributed by atoms with Crippen LogP contribution in [0, 0.1) is 13.8 Å². The van der Waals surface area contributed by atoms with Crippen LogP contribution in [0.1, 0.15) is 16.7 Å². The highest BCUT2D eigenvalue weighted by atomic mass is 16.5. The third kappa shape index (κ3) is 3.56. The van der Waals surface area contributed by atoms with Gasteiger partial charge in [0.05, 0.1) is 0 Å². The Bertz CT molecular complexity index is 722. The van der Waals surface area contributed by atoms with Gasteiger partial charge in [-0.1, -0.05) is 60.7 Å². The van der Waals surface area contributed by atoms with E-state index >= 15 is 0 Å². The molecule has 1 nitrogen and oxygen atoms in total. The van der Waals surface area contributed by atoms with Crippen LogP contribution in [0.4, 0.5) is 0 Å². The molecule has 0 aliphatic heterocycles. The highest BCUT2D eigenvalue weighted by Gasteiger charge is 2.00. The van der Waals surface area contributed by atoms with Gasteiger partial charge in [-0.3, -0.25) is 0 Å². The van der Waals surface area contributed by atoms with Crippen molar-refractivity contribution in [1.29, 1.82) is 0 Å². The van der Waals surface area contributed by atoms with E-state index in [1.165, 1.54) is 27.8 Å². The first-order valence-corrected chi connectivity index (χ1v) is 7.56. The zero-order chi connectivity index (χ0) is 15.4. The van der Waals surface area contributed by atoms with Crippen LogP contribution in [-0.2, 0) is 6.61 Å². The number of aryl methyl sites for hydroxylation is 2. The fraction of sp³-hybridized carbons (Fsp3) is 0.143. The fourth-order valence-electron chi connectivity index (χ4n) is 2.61. The summed E-state index contributed by atoms with van der Waals surface area (Å²) in [6.45, 7) is 4.78. The van der Waals surface area contributed by atoms with E-state index in [0.29, 0.717) is 6.61 Å². The van der Waals surface area contributed by atoms with Gasteiger partial charge in [0.25, 0.3) is 0 Å². The lowest BCUT2D eigenvalue weighted by atomic mass is 10.0. The summed E-state index contributed by atoms with van der Waals surface area (Å²) in [6.07, 6.45) is 0. The summed E-state index contributed by atoms with van der Waals surface area (Å²) in [7, 11) is 0. The van der Waals surface area contributed by atoms with Crippen LogP contribution < -0.4 is 4.74 Å². The van der Waals surface area contributed by atoms with Crippen LogP contribution in [0.5, 0.6) is 5.75 Å². The van der Waals surface area contributed by atoms with Gasteiger partial charge < -0.3 is 4.74 Å². The molecule has 0 N–H and O–H groups in total. The van der Waals surface area contributed by atoms with Gasteiger partial charge in [0, 0.05) is 0 Å². The first-order chi connectivity index (χ1) is 10.7. The number of hydrogen-bond acceptors (Lipinski definition) is 1. The molecule has 0 bridgehead atoms. The van der Waals surface area contributed by atoms with Crippen molar-refractivity contribution in [3.63, 3.8) is 0 Å². The second kappa shape index (κ2) is 6.48. The van der Waals surface area contributed by atoms with Crippen LogP contribution in [-0.4, -0.2) is 0 Å². The highest BCUT2D eigenvalue weighted by Crippen LogP contribution is 2.21. The molecule has 0 spiro atoms. The molecule has 0 saturated carbocycles. The van der Waals surface area contributed by atoms with Crippen LogP contribution in [0.2, 0.25) is 0 Å². The Morgan fingerprint density at radius 1 is 0.682 bits per heavy atom. The van der Waals surface area contributed by atoms with Gasteiger partial charge >= 0.3 is 0 Å². The fourth-order valence-corrected chi connectivity index (χ4v) is 2.61. The molecule has 0 radical (unpaired) electrons. The molecule has 1 heteroatoms. The van der Waals surface area contributed by atoms with Gasteiger partial charge in [0.2, 0.25) is 0 Å². The molecule has 0 aliphatic carbocycles. The third-order valence-corrected chi connectivity index (χ3v) is 3.66. The first-order valence-electron chi connectivity index (χ1n) is 7.56. The molecular weight excluding hydrogens is 268 g/mol. The van der Waals surface area contributed by atoms with Crippen molar-refractivity contribution in [2.75, 3.05) is 0 Å². The zero-order valence-electron chi connectivity index (χ0n) is 13.0. The summed E-state index contributed by atoms with van der Waals surface area (Å²) in [5.41, 5.74) is 6.11. The predicted molar refractivity (Wildman–Crippen MR) is 92.1 cm³/mol. The first kappa shape index (κ1) is 14.4. The molecule has 0 aromatic heterocycles. The second-order valence-corrected chi connectivity index (χ2v) is 5.68. The van der Waals surface area contributed by atoms with Gasteiger partial charge in [-0.25, -0.2) is 0 Å². The van der Waals surface area contributed by atoms with Gasteiger partial charge in [-0.05, 0) is 53.8 Å². The summed E-state index contributed by atoms with van der Waals surface area (Å²) in [6, 6.07) is 25.3. The maximum atomic E-state index is 5.90. The highest BCUT2D eigenvalue weighted by molar-refractivity contribution is 5.63. The molecule has 3 aromatic rings. The molecule has 0 saturated heterocycles. The Labute approximate surface area is 132 Å². The summed E-state index contributed by atoms with van der Waals surface area (Å²) < 4.78 is 5.90. The maximum Gasteiger partial charge on any atom is 0.120 e. The summed E-state index contributed by atoms with van der Waals surface area (Å²) in [5.74, 6) is 0.935. The monoisotopic (exact) mass is 288 g/mol. The Morgan fingerprint density at radius 3 is 1.91 bits per heavy atom. The molecule has 0 amide bonds. The molecular formula is C21H20O. The Hall–Kier alpha value is -2.54. The third-order valence-electron chi connectivity index (χ3n) is 3.66. The topological polar surface area (TPSA) is 9.23 Å². The average molecular weight is 288 g/mol. The van der Waals surface area contributed by atoms with E-state index in [1.54, 1.807) is 0 Å². The minimum absolute atomic E-state index is 0.595. The molecule has 0 aliphatic rings. The van der Waals surface area contributed by atoms with Crippen molar-refractivity contribution < 1.29 is 4.74 Å². The molecule has 3 rings (SSSR count). The number of rotatable bonds is 4.